The van der Waals surface area contributed by atoms with Gasteiger partial charge in [-0.05, 0) is 54.1 Å². The molecule has 3 aromatic carbocycles. The summed E-state index contributed by atoms with van der Waals surface area (Å²) in [5, 5.41) is 5.23. The Balaban J connectivity index is 1.66. The van der Waals surface area contributed by atoms with E-state index in [1.54, 1.807) is 36.7 Å². The molecule has 0 radical (unpaired) electrons. The first-order valence-electron chi connectivity index (χ1n) is 12.9. The highest BCUT2D eigenvalue weighted by atomic mass is 32.2. The van der Waals surface area contributed by atoms with Gasteiger partial charge in [0.05, 0.1) is 41.6 Å². The van der Waals surface area contributed by atoms with Gasteiger partial charge in [-0.1, -0.05) is 24.3 Å². The molecule has 1 heterocycles. The fourth-order valence-electron chi connectivity index (χ4n) is 4.15. The lowest BCUT2D eigenvalue weighted by Crippen LogP contribution is -2.38. The van der Waals surface area contributed by atoms with Crippen molar-refractivity contribution >= 4 is 33.2 Å². The number of nitrogens with one attached hydrogen (secondary N) is 2. The van der Waals surface area contributed by atoms with Crippen molar-refractivity contribution in [2.24, 2.45) is 0 Å². The fraction of sp³-hybridized carbons (Fsp3) is 0.167. The minimum Gasteiger partial charge on any atom is -0.493 e. The monoisotopic (exact) mass is 628 g/mol. The number of para-hydroxylation sites is 1. The van der Waals surface area contributed by atoms with E-state index in [2.05, 4.69) is 15.6 Å². The van der Waals surface area contributed by atoms with Crippen LogP contribution in [0.2, 0.25) is 0 Å². The first kappa shape index (κ1) is 31.8. The molecule has 4 aromatic rings. The van der Waals surface area contributed by atoms with Gasteiger partial charge in [0.25, 0.3) is 15.9 Å². The van der Waals surface area contributed by atoms with Crippen LogP contribution in [0.3, 0.4) is 0 Å². The molecule has 1 aromatic heterocycles. The topological polar surface area (TPSA) is 127 Å². The zero-order chi connectivity index (χ0) is 31.9. The molecule has 0 fully saturated rings. The highest BCUT2D eigenvalue weighted by Crippen LogP contribution is 2.35. The van der Waals surface area contributed by atoms with Crippen LogP contribution in [-0.2, 0) is 27.5 Å². The van der Waals surface area contributed by atoms with Crippen molar-refractivity contribution in [3.8, 4) is 11.5 Å². The molecule has 14 heteroatoms. The molecule has 2 amide bonds. The quantitative estimate of drug-likeness (QED) is 0.242. The van der Waals surface area contributed by atoms with Crippen LogP contribution in [0.4, 0.5) is 24.5 Å². The molecule has 0 aliphatic carbocycles. The number of ether oxygens (including phenoxy) is 2. The third kappa shape index (κ3) is 7.45. The molecule has 0 saturated carbocycles. The summed E-state index contributed by atoms with van der Waals surface area (Å²) in [6.07, 6.45) is -1.61. The van der Waals surface area contributed by atoms with Gasteiger partial charge < -0.3 is 20.1 Å². The summed E-state index contributed by atoms with van der Waals surface area (Å²) in [6, 6.07) is 16.7. The number of hydrogen-bond acceptors (Lipinski definition) is 7. The Morgan fingerprint density at radius 3 is 2.34 bits per heavy atom. The first-order chi connectivity index (χ1) is 20.9. The van der Waals surface area contributed by atoms with Crippen molar-refractivity contribution in [1.82, 2.24) is 10.3 Å². The summed E-state index contributed by atoms with van der Waals surface area (Å²) in [5.74, 6) is -1.18. The number of anilines is 2. The summed E-state index contributed by atoms with van der Waals surface area (Å²) in [4.78, 5) is 29.9. The molecule has 44 heavy (non-hydrogen) atoms. The van der Waals surface area contributed by atoms with Crippen molar-refractivity contribution in [3.63, 3.8) is 0 Å². The predicted molar refractivity (Wildman–Crippen MR) is 156 cm³/mol. The van der Waals surface area contributed by atoms with Crippen LogP contribution in [0.15, 0.2) is 96.2 Å². The summed E-state index contributed by atoms with van der Waals surface area (Å²) >= 11 is 0. The van der Waals surface area contributed by atoms with Crippen LogP contribution in [0.25, 0.3) is 0 Å². The number of carbonyl (C=O) groups excluding carboxylic acids is 2. The van der Waals surface area contributed by atoms with E-state index in [9.17, 15) is 31.2 Å². The highest BCUT2D eigenvalue weighted by Gasteiger charge is 2.34. The molecular formula is C30H27F3N4O6S. The van der Waals surface area contributed by atoms with Gasteiger partial charge in [-0.2, -0.15) is 13.2 Å². The third-order valence-corrected chi connectivity index (χ3v) is 8.08. The number of nitrogens with zero attached hydrogens (tertiary/aromatic N) is 2. The van der Waals surface area contributed by atoms with E-state index < -0.39 is 45.8 Å². The van der Waals surface area contributed by atoms with Crippen molar-refractivity contribution in [3.05, 3.63) is 108 Å². The maximum Gasteiger partial charge on any atom is 0.416 e. The number of benzene rings is 3. The maximum atomic E-state index is 13.8. The average molecular weight is 629 g/mol. The van der Waals surface area contributed by atoms with Gasteiger partial charge in [-0.25, -0.2) is 8.42 Å². The zero-order valence-electron chi connectivity index (χ0n) is 23.5. The smallest absolute Gasteiger partial charge is 0.416 e. The van der Waals surface area contributed by atoms with Crippen molar-refractivity contribution in [2.45, 2.75) is 17.6 Å². The van der Waals surface area contributed by atoms with E-state index in [1.165, 1.54) is 38.5 Å². The van der Waals surface area contributed by atoms with Crippen LogP contribution in [0.1, 0.15) is 21.5 Å². The predicted octanol–water partition coefficient (Wildman–Crippen LogP) is 4.88. The first-order valence-corrected chi connectivity index (χ1v) is 14.4. The number of halogens is 3. The third-order valence-electron chi connectivity index (χ3n) is 6.31. The Labute approximate surface area is 251 Å². The van der Waals surface area contributed by atoms with Crippen LogP contribution >= 0.6 is 0 Å². The van der Waals surface area contributed by atoms with Crippen molar-refractivity contribution < 1.29 is 40.7 Å². The van der Waals surface area contributed by atoms with Gasteiger partial charge in [0.15, 0.2) is 11.5 Å². The Morgan fingerprint density at radius 1 is 0.909 bits per heavy atom. The second kappa shape index (κ2) is 13.5. The molecule has 0 unspecified atom stereocenters. The number of methoxy groups -OCH3 is 2. The highest BCUT2D eigenvalue weighted by molar-refractivity contribution is 7.92. The van der Waals surface area contributed by atoms with Crippen LogP contribution in [-0.4, -0.2) is 46.0 Å². The second-order valence-electron chi connectivity index (χ2n) is 9.21. The SMILES string of the molecule is COc1ccc(S(=O)(=O)N(CC(=O)Nc2ccccc2C(=O)NCc2cccnc2)c2cccc(C(F)(F)F)c2)cc1OC. The number of sulfonamides is 1. The zero-order valence-corrected chi connectivity index (χ0v) is 24.3. The lowest BCUT2D eigenvalue weighted by atomic mass is 10.1. The Morgan fingerprint density at radius 2 is 1.66 bits per heavy atom. The lowest BCUT2D eigenvalue weighted by Gasteiger charge is -2.25. The number of rotatable bonds is 11. The Bertz CT molecular complexity index is 1750. The minimum absolute atomic E-state index is 0.0493. The van der Waals surface area contributed by atoms with Crippen LogP contribution < -0.4 is 24.4 Å². The molecule has 0 aliphatic heterocycles. The molecule has 10 nitrogen and oxygen atoms in total. The molecule has 4 rings (SSSR count). The molecule has 0 saturated heterocycles. The average Bonchev–Trinajstić information content (AvgIpc) is 3.02. The minimum atomic E-state index is -4.78. The maximum absolute atomic E-state index is 13.8. The largest absolute Gasteiger partial charge is 0.493 e. The number of carbonyl (C=O) groups is 2. The van der Waals surface area contributed by atoms with Gasteiger partial charge in [-0.3, -0.25) is 18.9 Å². The molecule has 0 bridgehead atoms. The van der Waals surface area contributed by atoms with E-state index in [1.807, 2.05) is 0 Å². The number of hydrogen-bond donors (Lipinski definition) is 2. The molecule has 230 valence electrons. The summed E-state index contributed by atoms with van der Waals surface area (Å²) in [6.45, 7) is -0.772. The van der Waals surface area contributed by atoms with Crippen molar-refractivity contribution in [1.29, 1.82) is 0 Å². The molecule has 0 aliphatic rings. The normalized spacial score (nSPS) is 11.4. The number of aromatic nitrogens is 1. The van der Waals surface area contributed by atoms with Crippen LogP contribution in [0, 0.1) is 0 Å². The standard InChI is InChI=1S/C30H27F3N4O6S/c1-42-26-13-12-23(16-27(26)43-2)44(40,41)37(22-9-5-8-21(15-22)30(31,32)33)19-28(38)36-25-11-4-3-10-24(25)29(39)35-18-20-7-6-14-34-17-20/h3-17H,18-19H2,1-2H3,(H,35,39)(H,36,38). The summed E-state index contributed by atoms with van der Waals surface area (Å²) < 4.78 is 79.2. The molecular weight excluding hydrogens is 601 g/mol. The van der Waals surface area contributed by atoms with E-state index >= 15 is 0 Å². The Kier molecular flexibility index (Phi) is 9.73. The van der Waals surface area contributed by atoms with Gasteiger partial charge >= 0.3 is 6.18 Å². The van der Waals surface area contributed by atoms with Gasteiger partial charge in [0.1, 0.15) is 6.54 Å². The van der Waals surface area contributed by atoms with E-state index in [4.69, 9.17) is 9.47 Å². The summed E-state index contributed by atoms with van der Waals surface area (Å²) in [7, 11) is -2.00. The van der Waals surface area contributed by atoms with E-state index in [0.717, 1.165) is 29.8 Å². The number of pyridine rings is 1. The summed E-state index contributed by atoms with van der Waals surface area (Å²) in [5.41, 5.74) is -0.642. The van der Waals surface area contributed by atoms with E-state index in [0.29, 0.717) is 10.4 Å². The van der Waals surface area contributed by atoms with E-state index in [-0.39, 0.29) is 34.2 Å². The molecule has 0 spiro atoms. The van der Waals surface area contributed by atoms with Gasteiger partial charge in [-0.15, -0.1) is 0 Å². The van der Waals surface area contributed by atoms with Crippen LogP contribution in [0.5, 0.6) is 11.5 Å². The van der Waals surface area contributed by atoms with Gasteiger partial charge in [0, 0.05) is 25.0 Å². The lowest BCUT2D eigenvalue weighted by molar-refractivity contribution is -0.137. The Hall–Kier alpha value is -5.11. The number of amides is 2. The molecule has 0 atom stereocenters. The fourth-order valence-corrected chi connectivity index (χ4v) is 5.58. The number of alkyl halides is 3. The second-order valence-corrected chi connectivity index (χ2v) is 11.1. The van der Waals surface area contributed by atoms with Crippen molar-refractivity contribution in [2.75, 3.05) is 30.4 Å². The van der Waals surface area contributed by atoms with Gasteiger partial charge in [0.2, 0.25) is 5.91 Å². The molecule has 2 N–H and O–H groups in total.